The van der Waals surface area contributed by atoms with Gasteiger partial charge in [-0.3, -0.25) is 9.69 Å². The van der Waals surface area contributed by atoms with Crippen molar-refractivity contribution in [2.75, 3.05) is 26.2 Å². The molecule has 156 valence electrons. The molecule has 1 aliphatic rings. The van der Waals surface area contributed by atoms with Crippen LogP contribution < -0.4 is 0 Å². The fraction of sp³-hybridized carbons (Fsp3) is 0.409. The highest BCUT2D eigenvalue weighted by molar-refractivity contribution is 5.76. The van der Waals surface area contributed by atoms with Gasteiger partial charge in [-0.15, -0.1) is 0 Å². The van der Waals surface area contributed by atoms with Crippen molar-refractivity contribution < 1.29 is 22.4 Å². The van der Waals surface area contributed by atoms with Gasteiger partial charge in [0.1, 0.15) is 5.82 Å². The molecule has 0 unspecified atom stereocenters. The van der Waals surface area contributed by atoms with E-state index >= 15 is 0 Å². The molecular weight excluding hydrogens is 384 g/mol. The first-order valence-corrected chi connectivity index (χ1v) is 9.72. The molecule has 0 atom stereocenters. The van der Waals surface area contributed by atoms with Gasteiger partial charge in [0.2, 0.25) is 5.91 Å². The molecule has 2 aromatic carbocycles. The number of carbonyl (C=O) groups excluding carboxylic acids is 1. The molecule has 1 aliphatic heterocycles. The van der Waals surface area contributed by atoms with Gasteiger partial charge in [-0.05, 0) is 48.2 Å². The van der Waals surface area contributed by atoms with Gasteiger partial charge in [0.25, 0.3) is 0 Å². The molecule has 1 fully saturated rings. The van der Waals surface area contributed by atoms with Gasteiger partial charge < -0.3 is 4.90 Å². The van der Waals surface area contributed by atoms with E-state index in [1.165, 1.54) is 24.3 Å². The van der Waals surface area contributed by atoms with Gasteiger partial charge in [0.05, 0.1) is 5.56 Å². The van der Waals surface area contributed by atoms with Gasteiger partial charge in [0.15, 0.2) is 0 Å². The van der Waals surface area contributed by atoms with Crippen molar-refractivity contribution >= 4 is 5.91 Å². The number of aryl methyl sites for hydroxylation is 1. The topological polar surface area (TPSA) is 23.6 Å². The Labute approximate surface area is 167 Å². The monoisotopic (exact) mass is 408 g/mol. The van der Waals surface area contributed by atoms with Crippen molar-refractivity contribution in [3.8, 4) is 0 Å². The van der Waals surface area contributed by atoms with E-state index in [1.54, 1.807) is 6.07 Å². The van der Waals surface area contributed by atoms with E-state index in [0.717, 1.165) is 36.2 Å². The van der Waals surface area contributed by atoms with Gasteiger partial charge in [-0.2, -0.15) is 13.2 Å². The lowest BCUT2D eigenvalue weighted by atomic mass is 10.1. The van der Waals surface area contributed by atoms with Gasteiger partial charge >= 0.3 is 6.18 Å². The molecule has 0 aliphatic carbocycles. The van der Waals surface area contributed by atoms with E-state index in [0.29, 0.717) is 39.0 Å². The maximum Gasteiger partial charge on any atom is 0.416 e. The zero-order valence-electron chi connectivity index (χ0n) is 16.1. The normalized spacial score (nSPS) is 15.9. The van der Waals surface area contributed by atoms with E-state index in [2.05, 4.69) is 4.90 Å². The molecule has 3 rings (SSSR count). The van der Waals surface area contributed by atoms with Crippen LogP contribution >= 0.6 is 0 Å². The number of rotatable bonds is 5. The van der Waals surface area contributed by atoms with Crippen molar-refractivity contribution in [2.24, 2.45) is 0 Å². The molecule has 29 heavy (non-hydrogen) atoms. The van der Waals surface area contributed by atoms with Crippen LogP contribution in [0.25, 0.3) is 0 Å². The van der Waals surface area contributed by atoms with E-state index < -0.39 is 11.7 Å². The van der Waals surface area contributed by atoms with Crippen LogP contribution in [0.2, 0.25) is 0 Å². The zero-order chi connectivity index (χ0) is 20.9. The first-order valence-electron chi connectivity index (χ1n) is 9.72. The standard InChI is InChI=1S/C22H24F4N2O/c23-20-4-1-3-17(15-20)7-10-21(29)28-12-2-11-27(13-14-28)16-18-5-8-19(9-6-18)22(24,25)26/h1,3-6,8-9,15H,2,7,10-14,16H2. The molecule has 0 N–H and O–H groups in total. The first kappa shape index (κ1) is 21.3. The fourth-order valence-electron chi connectivity index (χ4n) is 3.54. The number of amides is 1. The van der Waals surface area contributed by atoms with Crippen LogP contribution in [0.4, 0.5) is 17.6 Å². The molecule has 1 amide bonds. The summed E-state index contributed by atoms with van der Waals surface area (Å²) in [6.07, 6.45) is -2.68. The first-order chi connectivity index (χ1) is 13.8. The van der Waals surface area contributed by atoms with Crippen molar-refractivity contribution in [3.63, 3.8) is 0 Å². The summed E-state index contributed by atoms with van der Waals surface area (Å²) in [5.41, 5.74) is 0.980. The van der Waals surface area contributed by atoms with Crippen LogP contribution in [-0.4, -0.2) is 41.9 Å². The van der Waals surface area contributed by atoms with Gasteiger partial charge in [-0.25, -0.2) is 4.39 Å². The number of halogens is 4. The molecule has 2 aromatic rings. The number of hydrogen-bond acceptors (Lipinski definition) is 2. The highest BCUT2D eigenvalue weighted by atomic mass is 19.4. The molecular formula is C22H24F4N2O. The Hall–Kier alpha value is -2.41. The minimum absolute atomic E-state index is 0.0469. The van der Waals surface area contributed by atoms with E-state index in [-0.39, 0.29) is 11.7 Å². The van der Waals surface area contributed by atoms with Crippen LogP contribution in [-0.2, 0) is 23.9 Å². The average Bonchev–Trinajstić information content (AvgIpc) is 2.92. The minimum atomic E-state index is -4.33. The lowest BCUT2D eigenvalue weighted by molar-refractivity contribution is -0.137. The third-order valence-corrected chi connectivity index (χ3v) is 5.15. The van der Waals surface area contributed by atoms with Gasteiger partial charge in [0, 0.05) is 39.1 Å². The maximum absolute atomic E-state index is 13.2. The second-order valence-electron chi connectivity index (χ2n) is 7.34. The summed E-state index contributed by atoms with van der Waals surface area (Å²) in [6.45, 7) is 3.26. The van der Waals surface area contributed by atoms with E-state index in [4.69, 9.17) is 0 Å². The maximum atomic E-state index is 13.2. The second-order valence-corrected chi connectivity index (χ2v) is 7.34. The number of hydrogen-bond donors (Lipinski definition) is 0. The highest BCUT2D eigenvalue weighted by Gasteiger charge is 2.30. The summed E-state index contributed by atoms with van der Waals surface area (Å²) in [6, 6.07) is 11.5. The Kier molecular flexibility index (Phi) is 6.90. The van der Waals surface area contributed by atoms with Crippen molar-refractivity contribution in [1.29, 1.82) is 0 Å². The Bertz CT molecular complexity index is 820. The molecule has 0 bridgehead atoms. The molecule has 0 spiro atoms. The SMILES string of the molecule is O=C(CCc1cccc(F)c1)N1CCCN(Cc2ccc(C(F)(F)F)cc2)CC1. The Morgan fingerprint density at radius 2 is 1.69 bits per heavy atom. The molecule has 7 heteroatoms. The van der Waals surface area contributed by atoms with Crippen molar-refractivity contribution in [3.05, 3.63) is 71.0 Å². The summed E-state index contributed by atoms with van der Waals surface area (Å²) >= 11 is 0. The Morgan fingerprint density at radius 1 is 0.931 bits per heavy atom. The third-order valence-electron chi connectivity index (χ3n) is 5.15. The number of benzene rings is 2. The van der Waals surface area contributed by atoms with Crippen molar-refractivity contribution in [1.82, 2.24) is 9.80 Å². The van der Waals surface area contributed by atoms with Crippen LogP contribution in [0.5, 0.6) is 0 Å². The summed E-state index contributed by atoms with van der Waals surface area (Å²) in [5.74, 6) is -0.255. The highest BCUT2D eigenvalue weighted by Crippen LogP contribution is 2.29. The number of carbonyl (C=O) groups is 1. The largest absolute Gasteiger partial charge is 0.416 e. The lowest BCUT2D eigenvalue weighted by Crippen LogP contribution is -2.35. The smallest absolute Gasteiger partial charge is 0.341 e. The fourth-order valence-corrected chi connectivity index (χ4v) is 3.54. The molecule has 0 aromatic heterocycles. The Balaban J connectivity index is 1.48. The summed E-state index contributed by atoms with van der Waals surface area (Å²) < 4.78 is 51.3. The lowest BCUT2D eigenvalue weighted by Gasteiger charge is -2.22. The third kappa shape index (κ3) is 6.29. The van der Waals surface area contributed by atoms with E-state index in [9.17, 15) is 22.4 Å². The molecule has 1 saturated heterocycles. The second kappa shape index (κ2) is 9.39. The molecule has 1 heterocycles. The van der Waals surface area contributed by atoms with Crippen LogP contribution in [0.15, 0.2) is 48.5 Å². The summed E-state index contributed by atoms with van der Waals surface area (Å²) in [7, 11) is 0. The van der Waals surface area contributed by atoms with Crippen molar-refractivity contribution in [2.45, 2.75) is 32.0 Å². The zero-order valence-corrected chi connectivity index (χ0v) is 16.1. The van der Waals surface area contributed by atoms with Crippen LogP contribution in [0.3, 0.4) is 0 Å². The molecule has 0 saturated carbocycles. The van der Waals surface area contributed by atoms with Gasteiger partial charge in [-0.1, -0.05) is 24.3 Å². The molecule has 3 nitrogen and oxygen atoms in total. The quantitative estimate of drug-likeness (QED) is 0.680. The molecule has 0 radical (unpaired) electrons. The summed E-state index contributed by atoms with van der Waals surface area (Å²) in [5, 5.41) is 0. The number of nitrogens with zero attached hydrogens (tertiary/aromatic N) is 2. The number of alkyl halides is 3. The van der Waals surface area contributed by atoms with Crippen LogP contribution in [0, 0.1) is 5.82 Å². The predicted molar refractivity (Wildman–Crippen MR) is 103 cm³/mol. The average molecular weight is 408 g/mol. The van der Waals surface area contributed by atoms with E-state index in [1.807, 2.05) is 11.0 Å². The van der Waals surface area contributed by atoms with Crippen LogP contribution in [0.1, 0.15) is 29.5 Å². The predicted octanol–water partition coefficient (Wildman–Crippen LogP) is 4.51. The summed E-state index contributed by atoms with van der Waals surface area (Å²) in [4.78, 5) is 16.5. The Morgan fingerprint density at radius 3 is 2.38 bits per heavy atom. The minimum Gasteiger partial charge on any atom is -0.341 e.